The number of fused-ring (bicyclic) bond motifs is 4. The third-order valence-corrected chi connectivity index (χ3v) is 5.75. The van der Waals surface area contributed by atoms with E-state index in [0.717, 1.165) is 39.5 Å². The van der Waals surface area contributed by atoms with E-state index >= 15 is 0 Å². The van der Waals surface area contributed by atoms with Crippen LogP contribution in [-0.4, -0.2) is 17.4 Å². The molecule has 4 rings (SSSR count). The highest BCUT2D eigenvalue weighted by atomic mass is 35.5. The van der Waals surface area contributed by atoms with Crippen molar-refractivity contribution in [2.45, 2.75) is 44.4 Å². The summed E-state index contributed by atoms with van der Waals surface area (Å²) < 4.78 is 38.5. The van der Waals surface area contributed by atoms with E-state index in [1.165, 1.54) is 0 Å². The summed E-state index contributed by atoms with van der Waals surface area (Å²) in [7, 11) is 0. The van der Waals surface area contributed by atoms with Gasteiger partial charge >= 0.3 is 6.18 Å². The van der Waals surface area contributed by atoms with Crippen LogP contribution in [0.5, 0.6) is 0 Å². The lowest BCUT2D eigenvalue weighted by atomic mass is 9.72. The molecule has 0 heterocycles. The van der Waals surface area contributed by atoms with Gasteiger partial charge in [-0.15, -0.1) is 0 Å². The molecule has 5 heteroatoms. The SMILES string of the molecule is OC1CC(CC(F)(F)F)CC2=C1CCc1c2ccc2cccc(Cl)c12. The molecule has 0 amide bonds. The Morgan fingerprint density at radius 3 is 2.68 bits per heavy atom. The molecule has 0 saturated carbocycles. The monoisotopic (exact) mass is 366 g/mol. The molecule has 0 spiro atoms. The molecule has 2 atom stereocenters. The van der Waals surface area contributed by atoms with Crippen LogP contribution >= 0.6 is 11.6 Å². The molecule has 0 bridgehead atoms. The van der Waals surface area contributed by atoms with Gasteiger partial charge in [-0.25, -0.2) is 0 Å². The van der Waals surface area contributed by atoms with Gasteiger partial charge in [-0.3, -0.25) is 0 Å². The predicted octanol–water partition coefficient (Wildman–Crippen LogP) is 5.92. The average molecular weight is 367 g/mol. The quantitative estimate of drug-likeness (QED) is 0.664. The molecule has 1 N–H and O–H groups in total. The van der Waals surface area contributed by atoms with Crippen molar-refractivity contribution in [3.63, 3.8) is 0 Å². The van der Waals surface area contributed by atoms with Crippen LogP contribution in [-0.2, 0) is 6.42 Å². The molecule has 25 heavy (non-hydrogen) atoms. The van der Waals surface area contributed by atoms with Gasteiger partial charge in [0.2, 0.25) is 0 Å². The number of hydrogen-bond donors (Lipinski definition) is 1. The third kappa shape index (κ3) is 3.06. The maximum Gasteiger partial charge on any atom is 0.389 e. The van der Waals surface area contributed by atoms with Gasteiger partial charge in [-0.1, -0.05) is 35.9 Å². The minimum absolute atomic E-state index is 0.196. The Hall–Kier alpha value is -1.52. The smallest absolute Gasteiger partial charge is 0.389 e. The van der Waals surface area contributed by atoms with Gasteiger partial charge in [0.05, 0.1) is 6.10 Å². The first kappa shape index (κ1) is 16.9. The van der Waals surface area contributed by atoms with Gasteiger partial charge in [0.1, 0.15) is 0 Å². The average Bonchev–Trinajstić information content (AvgIpc) is 2.52. The van der Waals surface area contributed by atoms with Crippen LogP contribution in [0.4, 0.5) is 13.2 Å². The molecule has 1 nitrogen and oxygen atoms in total. The summed E-state index contributed by atoms with van der Waals surface area (Å²) in [5, 5.41) is 13.1. The van der Waals surface area contributed by atoms with Crippen molar-refractivity contribution < 1.29 is 18.3 Å². The highest BCUT2D eigenvalue weighted by Gasteiger charge is 2.38. The van der Waals surface area contributed by atoms with Crippen LogP contribution in [0.15, 0.2) is 35.9 Å². The number of alkyl halides is 3. The Kier molecular flexibility index (Phi) is 4.08. The van der Waals surface area contributed by atoms with Crippen molar-refractivity contribution in [2.75, 3.05) is 0 Å². The van der Waals surface area contributed by atoms with Crippen molar-refractivity contribution in [1.29, 1.82) is 0 Å². The minimum atomic E-state index is -4.20. The molecular weight excluding hydrogens is 349 g/mol. The standard InChI is InChI=1S/C20H18ClF3O/c21-17-3-1-2-12-4-5-13-15(19(12)17)7-6-14-16(13)8-11(9-18(14)25)10-20(22,23)24/h1-5,11,18,25H,6-10H2. The summed E-state index contributed by atoms with van der Waals surface area (Å²) in [6.07, 6.45) is -3.80. The van der Waals surface area contributed by atoms with Gasteiger partial charge in [0.15, 0.2) is 0 Å². The number of aryl methyl sites for hydroxylation is 1. The first-order valence-electron chi connectivity index (χ1n) is 8.50. The Morgan fingerprint density at radius 2 is 1.92 bits per heavy atom. The molecule has 132 valence electrons. The molecule has 2 unspecified atom stereocenters. The van der Waals surface area contributed by atoms with Gasteiger partial charge < -0.3 is 5.11 Å². The van der Waals surface area contributed by atoms with Crippen LogP contribution in [0.2, 0.25) is 5.02 Å². The summed E-state index contributed by atoms with van der Waals surface area (Å²) in [4.78, 5) is 0. The number of hydrogen-bond acceptors (Lipinski definition) is 1. The van der Waals surface area contributed by atoms with Gasteiger partial charge in [-0.2, -0.15) is 13.2 Å². The Balaban J connectivity index is 1.81. The Labute approximate surface area is 149 Å². The van der Waals surface area contributed by atoms with Crippen molar-refractivity contribution in [3.05, 3.63) is 52.1 Å². The second-order valence-corrected chi connectivity index (χ2v) is 7.48. The summed E-state index contributed by atoms with van der Waals surface area (Å²) in [6, 6.07) is 9.68. The molecule has 0 aliphatic heterocycles. The fraction of sp³-hybridized carbons (Fsp3) is 0.400. The zero-order valence-electron chi connectivity index (χ0n) is 13.5. The van der Waals surface area contributed by atoms with E-state index in [-0.39, 0.29) is 6.42 Å². The van der Waals surface area contributed by atoms with Crippen LogP contribution in [0.25, 0.3) is 16.3 Å². The molecule has 2 aromatic rings. The number of allylic oxidation sites excluding steroid dienone is 1. The van der Waals surface area contributed by atoms with Gasteiger partial charge in [0.25, 0.3) is 0 Å². The third-order valence-electron chi connectivity index (χ3n) is 5.43. The molecule has 0 fully saturated rings. The van der Waals surface area contributed by atoms with E-state index < -0.39 is 24.6 Å². The lowest BCUT2D eigenvalue weighted by Crippen LogP contribution is -2.28. The first-order valence-corrected chi connectivity index (χ1v) is 8.88. The topological polar surface area (TPSA) is 20.2 Å². The number of halogens is 4. The largest absolute Gasteiger partial charge is 0.389 e. The van der Waals surface area contributed by atoms with Crippen molar-refractivity contribution in [3.8, 4) is 0 Å². The van der Waals surface area contributed by atoms with Crippen molar-refractivity contribution in [1.82, 2.24) is 0 Å². The molecule has 0 radical (unpaired) electrons. The van der Waals surface area contributed by atoms with E-state index in [0.29, 0.717) is 17.9 Å². The maximum absolute atomic E-state index is 12.8. The zero-order chi connectivity index (χ0) is 17.8. The fourth-order valence-corrected chi connectivity index (χ4v) is 4.75. The number of rotatable bonds is 1. The highest BCUT2D eigenvalue weighted by Crippen LogP contribution is 2.47. The van der Waals surface area contributed by atoms with Gasteiger partial charge in [0, 0.05) is 16.8 Å². The van der Waals surface area contributed by atoms with E-state index in [2.05, 4.69) is 0 Å². The van der Waals surface area contributed by atoms with E-state index in [1.54, 1.807) is 0 Å². The molecule has 0 aromatic heterocycles. The minimum Gasteiger partial charge on any atom is -0.389 e. The molecule has 0 saturated heterocycles. The summed E-state index contributed by atoms with van der Waals surface area (Å²) in [5.41, 5.74) is 3.88. The number of aliphatic hydroxyl groups is 1. The predicted molar refractivity (Wildman–Crippen MR) is 93.6 cm³/mol. The molecular formula is C20H18ClF3O. The van der Waals surface area contributed by atoms with Crippen molar-refractivity contribution in [2.24, 2.45) is 5.92 Å². The molecule has 2 aromatic carbocycles. The molecule has 2 aliphatic carbocycles. The van der Waals surface area contributed by atoms with E-state index in [9.17, 15) is 18.3 Å². The summed E-state index contributed by atoms with van der Waals surface area (Å²) >= 11 is 6.40. The number of benzene rings is 2. The first-order chi connectivity index (χ1) is 11.8. The van der Waals surface area contributed by atoms with Gasteiger partial charge in [-0.05, 0) is 65.3 Å². The Morgan fingerprint density at radius 1 is 1.12 bits per heavy atom. The van der Waals surface area contributed by atoms with Crippen molar-refractivity contribution >= 4 is 27.9 Å². The van der Waals surface area contributed by atoms with E-state index in [4.69, 9.17) is 11.6 Å². The van der Waals surface area contributed by atoms with Crippen LogP contribution in [0.1, 0.15) is 36.8 Å². The van der Waals surface area contributed by atoms with Crippen LogP contribution in [0.3, 0.4) is 0 Å². The van der Waals surface area contributed by atoms with Crippen LogP contribution < -0.4 is 0 Å². The normalized spacial score (nSPS) is 23.6. The second kappa shape index (κ2) is 6.03. The summed E-state index contributed by atoms with van der Waals surface area (Å²) in [5.74, 6) is -0.568. The molecule has 2 aliphatic rings. The zero-order valence-corrected chi connectivity index (χ0v) is 14.3. The fourth-order valence-electron chi connectivity index (χ4n) is 4.45. The highest BCUT2D eigenvalue weighted by molar-refractivity contribution is 6.36. The summed E-state index contributed by atoms with van der Waals surface area (Å²) in [6.45, 7) is 0. The lowest BCUT2D eigenvalue weighted by molar-refractivity contribution is -0.146. The van der Waals surface area contributed by atoms with E-state index in [1.807, 2.05) is 30.3 Å². The number of aliphatic hydroxyl groups excluding tert-OH is 1. The van der Waals surface area contributed by atoms with Crippen LogP contribution in [0, 0.1) is 5.92 Å². The Bertz CT molecular complexity index is 869. The second-order valence-electron chi connectivity index (χ2n) is 7.07. The lowest BCUT2D eigenvalue weighted by Gasteiger charge is -2.35. The maximum atomic E-state index is 12.8.